The first kappa shape index (κ1) is 12.2. The largest absolute Gasteiger partial charge is 0.386 e. The van der Waals surface area contributed by atoms with Gasteiger partial charge in [0.25, 0.3) is 0 Å². The van der Waals surface area contributed by atoms with E-state index in [-0.39, 0.29) is 0 Å². The highest BCUT2D eigenvalue weighted by Gasteiger charge is 2.39. The minimum absolute atomic E-state index is 0.546. The van der Waals surface area contributed by atoms with Gasteiger partial charge in [0.05, 0.1) is 5.60 Å². The summed E-state index contributed by atoms with van der Waals surface area (Å²) in [4.78, 5) is 0. The van der Waals surface area contributed by atoms with Gasteiger partial charge < -0.3 is 5.11 Å². The lowest BCUT2D eigenvalue weighted by Crippen LogP contribution is -2.37. The summed E-state index contributed by atoms with van der Waals surface area (Å²) in [6, 6.07) is 0. The Kier molecular flexibility index (Phi) is 3.18. The van der Waals surface area contributed by atoms with E-state index in [1.807, 2.05) is 6.92 Å². The van der Waals surface area contributed by atoms with Crippen molar-refractivity contribution in [1.29, 1.82) is 0 Å². The van der Waals surface area contributed by atoms with Crippen molar-refractivity contribution in [2.24, 2.45) is 23.7 Å². The molecule has 0 aromatic carbocycles. The second-order valence-corrected chi connectivity index (χ2v) is 6.55. The van der Waals surface area contributed by atoms with E-state index in [2.05, 4.69) is 26.8 Å². The van der Waals surface area contributed by atoms with Gasteiger partial charge in [-0.1, -0.05) is 32.4 Å². The molecule has 0 bridgehead atoms. The molecular formula is C15H26O. The quantitative estimate of drug-likeness (QED) is 0.669. The van der Waals surface area contributed by atoms with Gasteiger partial charge in [-0.3, -0.25) is 0 Å². The van der Waals surface area contributed by atoms with E-state index in [1.54, 1.807) is 5.57 Å². The molecule has 1 saturated carbocycles. The molecule has 2 aliphatic rings. The van der Waals surface area contributed by atoms with Crippen molar-refractivity contribution in [1.82, 2.24) is 0 Å². The molecule has 1 N–H and O–H groups in total. The van der Waals surface area contributed by atoms with Gasteiger partial charge in [0.15, 0.2) is 0 Å². The van der Waals surface area contributed by atoms with Gasteiger partial charge in [0.1, 0.15) is 0 Å². The maximum atomic E-state index is 10.2. The smallest absolute Gasteiger partial charge is 0.0802 e. The zero-order valence-corrected chi connectivity index (χ0v) is 11.2. The summed E-state index contributed by atoms with van der Waals surface area (Å²) in [7, 11) is 0. The number of aliphatic hydroxyl groups is 1. The Hall–Kier alpha value is -0.300. The van der Waals surface area contributed by atoms with Crippen LogP contribution in [0, 0.1) is 23.7 Å². The monoisotopic (exact) mass is 222 g/mol. The average Bonchev–Trinajstić information content (AvgIpc) is 2.15. The minimum atomic E-state index is -0.546. The van der Waals surface area contributed by atoms with Crippen molar-refractivity contribution >= 4 is 0 Å². The molecule has 2 rings (SSSR count). The van der Waals surface area contributed by atoms with Gasteiger partial charge in [0.2, 0.25) is 0 Å². The number of rotatable bonds is 1. The Morgan fingerprint density at radius 2 is 2.00 bits per heavy atom. The van der Waals surface area contributed by atoms with Gasteiger partial charge in [-0.25, -0.2) is 0 Å². The van der Waals surface area contributed by atoms with Crippen LogP contribution < -0.4 is 0 Å². The fourth-order valence-electron chi connectivity index (χ4n) is 3.68. The van der Waals surface area contributed by atoms with Gasteiger partial charge >= 0.3 is 0 Å². The first-order valence-corrected chi connectivity index (χ1v) is 6.86. The fourth-order valence-corrected chi connectivity index (χ4v) is 3.68. The first-order valence-electron chi connectivity index (χ1n) is 6.86. The average molecular weight is 222 g/mol. The van der Waals surface area contributed by atoms with Crippen LogP contribution in [0.25, 0.3) is 0 Å². The highest BCUT2D eigenvalue weighted by molar-refractivity contribution is 5.23. The SMILES string of the molecule is CC(C)[C@H]1CC[C@@H](C)C2CC[C@](C)(O)C=C21. The molecule has 0 radical (unpaired) electrons. The Labute approximate surface area is 99.9 Å². The van der Waals surface area contributed by atoms with E-state index in [0.29, 0.717) is 5.92 Å². The Morgan fingerprint density at radius 1 is 1.31 bits per heavy atom. The number of allylic oxidation sites excluding steroid dienone is 1. The predicted molar refractivity (Wildman–Crippen MR) is 68.2 cm³/mol. The highest BCUT2D eigenvalue weighted by atomic mass is 16.3. The molecule has 1 fully saturated rings. The van der Waals surface area contributed by atoms with Crippen LogP contribution in [0.3, 0.4) is 0 Å². The Balaban J connectivity index is 2.30. The van der Waals surface area contributed by atoms with Crippen molar-refractivity contribution in [3.8, 4) is 0 Å². The van der Waals surface area contributed by atoms with Crippen LogP contribution in [0.1, 0.15) is 53.4 Å². The lowest BCUT2D eigenvalue weighted by atomic mass is 9.62. The van der Waals surface area contributed by atoms with Gasteiger partial charge in [-0.2, -0.15) is 0 Å². The standard InChI is InChI=1S/C15H26O/c1-10(2)12-6-5-11(3)13-7-8-15(4,16)9-14(12)13/h9-13,16H,5-8H2,1-4H3/t11-,12-,13?,15+/m1/s1. The number of hydrogen-bond acceptors (Lipinski definition) is 1. The van der Waals surface area contributed by atoms with Gasteiger partial charge in [0, 0.05) is 0 Å². The molecule has 4 atom stereocenters. The highest BCUT2D eigenvalue weighted by Crippen LogP contribution is 2.47. The van der Waals surface area contributed by atoms with E-state index in [9.17, 15) is 5.11 Å². The van der Waals surface area contributed by atoms with E-state index >= 15 is 0 Å². The summed E-state index contributed by atoms with van der Waals surface area (Å²) in [5, 5.41) is 10.2. The van der Waals surface area contributed by atoms with Crippen LogP contribution in [0.2, 0.25) is 0 Å². The van der Waals surface area contributed by atoms with E-state index in [4.69, 9.17) is 0 Å². The lowest BCUT2D eigenvalue weighted by molar-refractivity contribution is 0.0684. The number of hydrogen-bond donors (Lipinski definition) is 1. The lowest BCUT2D eigenvalue weighted by Gasteiger charge is -2.44. The molecule has 0 aromatic rings. The van der Waals surface area contributed by atoms with Crippen molar-refractivity contribution in [3.63, 3.8) is 0 Å². The molecule has 0 aromatic heterocycles. The van der Waals surface area contributed by atoms with Crippen LogP contribution >= 0.6 is 0 Å². The molecular weight excluding hydrogens is 196 g/mol. The molecule has 0 saturated heterocycles. The maximum Gasteiger partial charge on any atom is 0.0802 e. The Morgan fingerprint density at radius 3 is 2.62 bits per heavy atom. The third-order valence-corrected chi connectivity index (χ3v) is 4.72. The number of fused-ring (bicyclic) bond motifs is 1. The summed E-state index contributed by atoms with van der Waals surface area (Å²) in [6.45, 7) is 8.99. The van der Waals surface area contributed by atoms with Gasteiger partial charge in [-0.15, -0.1) is 0 Å². The molecule has 0 spiro atoms. The zero-order valence-electron chi connectivity index (χ0n) is 11.2. The molecule has 1 nitrogen and oxygen atoms in total. The molecule has 0 amide bonds. The first-order chi connectivity index (χ1) is 7.41. The van der Waals surface area contributed by atoms with E-state index in [1.165, 1.54) is 19.3 Å². The van der Waals surface area contributed by atoms with Crippen molar-refractivity contribution < 1.29 is 5.11 Å². The van der Waals surface area contributed by atoms with Crippen LogP contribution in [0.15, 0.2) is 11.6 Å². The summed E-state index contributed by atoms with van der Waals surface area (Å²) in [6.07, 6.45) is 7.01. The summed E-state index contributed by atoms with van der Waals surface area (Å²) >= 11 is 0. The minimum Gasteiger partial charge on any atom is -0.386 e. The molecule has 16 heavy (non-hydrogen) atoms. The summed E-state index contributed by atoms with van der Waals surface area (Å²) in [5.74, 6) is 3.00. The molecule has 0 heterocycles. The van der Waals surface area contributed by atoms with Crippen LogP contribution in [0.4, 0.5) is 0 Å². The van der Waals surface area contributed by atoms with E-state index < -0.39 is 5.60 Å². The predicted octanol–water partition coefficient (Wildman–Crippen LogP) is 3.78. The molecule has 0 aliphatic heterocycles. The van der Waals surface area contributed by atoms with Gasteiger partial charge in [-0.05, 0) is 56.3 Å². The fraction of sp³-hybridized carbons (Fsp3) is 0.867. The normalized spacial score (nSPS) is 44.1. The zero-order chi connectivity index (χ0) is 11.9. The third kappa shape index (κ3) is 2.20. The van der Waals surface area contributed by atoms with Crippen molar-refractivity contribution in [2.75, 3.05) is 0 Å². The summed E-state index contributed by atoms with van der Waals surface area (Å²) in [5.41, 5.74) is 1.03. The molecule has 92 valence electrons. The van der Waals surface area contributed by atoms with Crippen molar-refractivity contribution in [3.05, 3.63) is 11.6 Å². The van der Waals surface area contributed by atoms with E-state index in [0.717, 1.165) is 24.2 Å². The van der Waals surface area contributed by atoms with Crippen LogP contribution in [-0.4, -0.2) is 10.7 Å². The maximum absolute atomic E-state index is 10.2. The second-order valence-electron chi connectivity index (χ2n) is 6.55. The third-order valence-electron chi connectivity index (χ3n) is 4.72. The molecule has 1 heteroatoms. The van der Waals surface area contributed by atoms with Crippen LogP contribution in [0.5, 0.6) is 0 Å². The molecule has 2 aliphatic carbocycles. The molecule has 1 unspecified atom stereocenters. The van der Waals surface area contributed by atoms with Crippen molar-refractivity contribution in [2.45, 2.75) is 59.0 Å². The summed E-state index contributed by atoms with van der Waals surface area (Å²) < 4.78 is 0. The Bertz CT molecular complexity index is 288. The topological polar surface area (TPSA) is 20.2 Å². The second kappa shape index (κ2) is 4.18. The van der Waals surface area contributed by atoms with Crippen LogP contribution in [-0.2, 0) is 0 Å².